The molecular weight excluding hydrogens is 150 g/mol. The molecule has 0 aromatic rings. The second kappa shape index (κ2) is 7.14. The van der Waals surface area contributed by atoms with Gasteiger partial charge in [-0.2, -0.15) is 0 Å². The molecule has 0 aromatic heterocycles. The van der Waals surface area contributed by atoms with E-state index in [2.05, 4.69) is 12.2 Å². The molecule has 71 valence electrons. The standard InChI is InChI=1S/C10H20NO/c1-4-5-6-7-8-11-10(12)9(2)3/h9H,1,4-8H2,2-3H3,(H,11,12). The molecule has 1 radical (unpaired) electrons. The monoisotopic (exact) mass is 170 g/mol. The molecule has 0 unspecified atom stereocenters. The van der Waals surface area contributed by atoms with Crippen LogP contribution >= 0.6 is 0 Å². The number of unbranched alkanes of at least 4 members (excludes halogenated alkanes) is 3. The molecule has 1 amide bonds. The van der Waals surface area contributed by atoms with Crippen LogP contribution in [0.15, 0.2) is 0 Å². The van der Waals surface area contributed by atoms with Gasteiger partial charge in [0.2, 0.25) is 5.91 Å². The molecule has 2 heteroatoms. The fourth-order valence-electron chi connectivity index (χ4n) is 0.894. The summed E-state index contributed by atoms with van der Waals surface area (Å²) >= 11 is 0. The first-order valence-corrected chi connectivity index (χ1v) is 4.75. The fourth-order valence-corrected chi connectivity index (χ4v) is 0.894. The Hall–Kier alpha value is -0.530. The number of amides is 1. The lowest BCUT2D eigenvalue weighted by Crippen LogP contribution is -2.28. The number of hydrogen-bond acceptors (Lipinski definition) is 1. The van der Waals surface area contributed by atoms with Crippen molar-refractivity contribution in [1.29, 1.82) is 0 Å². The van der Waals surface area contributed by atoms with Gasteiger partial charge in [-0.15, -0.1) is 0 Å². The Morgan fingerprint density at radius 3 is 2.50 bits per heavy atom. The first kappa shape index (κ1) is 11.5. The maximum Gasteiger partial charge on any atom is 0.222 e. The Balaban J connectivity index is 3.14. The highest BCUT2D eigenvalue weighted by Gasteiger charge is 2.03. The van der Waals surface area contributed by atoms with Crippen molar-refractivity contribution >= 4 is 5.91 Å². The van der Waals surface area contributed by atoms with Gasteiger partial charge >= 0.3 is 0 Å². The van der Waals surface area contributed by atoms with Crippen LogP contribution in [0.3, 0.4) is 0 Å². The maximum atomic E-state index is 11.1. The van der Waals surface area contributed by atoms with Crippen molar-refractivity contribution in [3.8, 4) is 0 Å². The predicted octanol–water partition coefficient (Wildman–Crippen LogP) is 2.15. The highest BCUT2D eigenvalue weighted by Crippen LogP contribution is 1.97. The second-order valence-corrected chi connectivity index (χ2v) is 3.36. The summed E-state index contributed by atoms with van der Waals surface area (Å²) in [4.78, 5) is 11.1. The van der Waals surface area contributed by atoms with Crippen LogP contribution < -0.4 is 5.32 Å². The number of hydrogen-bond donors (Lipinski definition) is 1. The Kier molecular flexibility index (Phi) is 6.82. The Morgan fingerprint density at radius 1 is 1.33 bits per heavy atom. The Morgan fingerprint density at radius 2 is 2.00 bits per heavy atom. The molecule has 0 fully saturated rings. The smallest absolute Gasteiger partial charge is 0.222 e. The van der Waals surface area contributed by atoms with Gasteiger partial charge in [-0.3, -0.25) is 4.79 Å². The summed E-state index contributed by atoms with van der Waals surface area (Å²) in [6.45, 7) is 8.39. The topological polar surface area (TPSA) is 29.1 Å². The first-order chi connectivity index (χ1) is 5.68. The van der Waals surface area contributed by atoms with E-state index in [0.717, 1.165) is 25.8 Å². The molecule has 0 bridgehead atoms. The van der Waals surface area contributed by atoms with E-state index in [4.69, 9.17) is 0 Å². The van der Waals surface area contributed by atoms with Crippen molar-refractivity contribution in [1.82, 2.24) is 5.32 Å². The van der Waals surface area contributed by atoms with E-state index in [9.17, 15) is 4.79 Å². The molecule has 1 N–H and O–H groups in total. The number of carbonyl (C=O) groups is 1. The van der Waals surface area contributed by atoms with Crippen LogP contribution in [-0.2, 0) is 4.79 Å². The van der Waals surface area contributed by atoms with Crippen LogP contribution in [0.5, 0.6) is 0 Å². The van der Waals surface area contributed by atoms with Gasteiger partial charge in [-0.25, -0.2) is 0 Å². The van der Waals surface area contributed by atoms with Crippen LogP contribution in [0.4, 0.5) is 0 Å². The van der Waals surface area contributed by atoms with Gasteiger partial charge in [0.25, 0.3) is 0 Å². The minimum Gasteiger partial charge on any atom is -0.356 e. The van der Waals surface area contributed by atoms with Gasteiger partial charge in [0, 0.05) is 12.5 Å². The third kappa shape index (κ3) is 6.20. The highest BCUT2D eigenvalue weighted by molar-refractivity contribution is 5.77. The van der Waals surface area contributed by atoms with E-state index in [1.165, 1.54) is 6.42 Å². The zero-order valence-electron chi connectivity index (χ0n) is 8.23. The summed E-state index contributed by atoms with van der Waals surface area (Å²) in [5, 5.41) is 2.88. The molecule has 2 nitrogen and oxygen atoms in total. The molecule has 0 atom stereocenters. The van der Waals surface area contributed by atoms with Crippen molar-refractivity contribution in [3.05, 3.63) is 6.92 Å². The predicted molar refractivity (Wildman–Crippen MR) is 51.7 cm³/mol. The molecular formula is C10H20NO. The Labute approximate surface area is 75.7 Å². The van der Waals surface area contributed by atoms with Crippen molar-refractivity contribution in [2.75, 3.05) is 6.54 Å². The van der Waals surface area contributed by atoms with Crippen molar-refractivity contribution < 1.29 is 4.79 Å². The molecule has 0 aliphatic heterocycles. The summed E-state index contributed by atoms with van der Waals surface area (Å²) in [5.41, 5.74) is 0. The number of rotatable bonds is 6. The van der Waals surface area contributed by atoms with Crippen LogP contribution in [-0.4, -0.2) is 12.5 Å². The van der Waals surface area contributed by atoms with Crippen LogP contribution in [0.2, 0.25) is 0 Å². The van der Waals surface area contributed by atoms with Crippen molar-refractivity contribution in [2.24, 2.45) is 5.92 Å². The van der Waals surface area contributed by atoms with E-state index in [-0.39, 0.29) is 11.8 Å². The van der Waals surface area contributed by atoms with Crippen LogP contribution in [0, 0.1) is 12.8 Å². The van der Waals surface area contributed by atoms with E-state index < -0.39 is 0 Å². The van der Waals surface area contributed by atoms with E-state index in [1.807, 2.05) is 13.8 Å². The molecule has 0 heterocycles. The van der Waals surface area contributed by atoms with Crippen LogP contribution in [0.25, 0.3) is 0 Å². The molecule has 0 spiro atoms. The number of nitrogens with one attached hydrogen (secondary N) is 1. The molecule has 0 saturated carbocycles. The van der Waals surface area contributed by atoms with Gasteiger partial charge < -0.3 is 5.32 Å². The summed E-state index contributed by atoms with van der Waals surface area (Å²) in [6.07, 6.45) is 4.41. The average molecular weight is 170 g/mol. The summed E-state index contributed by atoms with van der Waals surface area (Å²) in [6, 6.07) is 0. The number of carbonyl (C=O) groups excluding carboxylic acids is 1. The van der Waals surface area contributed by atoms with Gasteiger partial charge in [0.1, 0.15) is 0 Å². The lowest BCUT2D eigenvalue weighted by atomic mass is 10.2. The van der Waals surface area contributed by atoms with Crippen LogP contribution in [0.1, 0.15) is 39.5 Å². The maximum absolute atomic E-state index is 11.1. The minimum atomic E-state index is 0.109. The summed E-state index contributed by atoms with van der Waals surface area (Å²) < 4.78 is 0. The molecule has 0 aliphatic rings. The van der Waals surface area contributed by atoms with Gasteiger partial charge in [0.05, 0.1) is 0 Å². The quantitative estimate of drug-likeness (QED) is 0.608. The highest BCUT2D eigenvalue weighted by atomic mass is 16.1. The van der Waals surface area contributed by atoms with Crippen molar-refractivity contribution in [3.63, 3.8) is 0 Å². The largest absolute Gasteiger partial charge is 0.356 e. The first-order valence-electron chi connectivity index (χ1n) is 4.75. The second-order valence-electron chi connectivity index (χ2n) is 3.36. The molecule has 0 aromatic carbocycles. The Bertz CT molecular complexity index is 121. The summed E-state index contributed by atoms with van der Waals surface area (Å²) in [7, 11) is 0. The molecule has 0 aliphatic carbocycles. The minimum absolute atomic E-state index is 0.109. The van der Waals surface area contributed by atoms with E-state index in [1.54, 1.807) is 0 Å². The van der Waals surface area contributed by atoms with E-state index >= 15 is 0 Å². The normalized spacial score (nSPS) is 10.3. The third-order valence-corrected chi connectivity index (χ3v) is 1.75. The third-order valence-electron chi connectivity index (χ3n) is 1.75. The zero-order valence-corrected chi connectivity index (χ0v) is 8.23. The molecule has 0 rings (SSSR count). The zero-order chi connectivity index (χ0) is 9.40. The average Bonchev–Trinajstić information content (AvgIpc) is 2.03. The molecule has 0 saturated heterocycles. The van der Waals surface area contributed by atoms with Gasteiger partial charge in [-0.05, 0) is 6.42 Å². The summed E-state index contributed by atoms with van der Waals surface area (Å²) in [5.74, 6) is 0.266. The van der Waals surface area contributed by atoms with Crippen molar-refractivity contribution in [2.45, 2.75) is 39.5 Å². The van der Waals surface area contributed by atoms with Gasteiger partial charge in [0.15, 0.2) is 0 Å². The lowest BCUT2D eigenvalue weighted by Gasteiger charge is -2.06. The SMILES string of the molecule is [CH2]CCCCCNC(=O)C(C)C. The molecule has 12 heavy (non-hydrogen) atoms. The fraction of sp³-hybridized carbons (Fsp3) is 0.800. The lowest BCUT2D eigenvalue weighted by molar-refractivity contribution is -0.123. The van der Waals surface area contributed by atoms with Gasteiger partial charge in [-0.1, -0.05) is 40.0 Å². The van der Waals surface area contributed by atoms with E-state index in [0.29, 0.717) is 0 Å².